The lowest BCUT2D eigenvalue weighted by molar-refractivity contribution is 0.612. The molecule has 0 saturated heterocycles. The number of halogens is 1. The van der Waals surface area contributed by atoms with Gasteiger partial charge < -0.3 is 5.32 Å². The van der Waals surface area contributed by atoms with E-state index in [1.54, 1.807) is 0 Å². The molecule has 0 atom stereocenters. The molecule has 0 aliphatic heterocycles. The molecule has 0 radical (unpaired) electrons. The van der Waals surface area contributed by atoms with Gasteiger partial charge in [0.15, 0.2) is 0 Å². The summed E-state index contributed by atoms with van der Waals surface area (Å²) < 4.78 is 3.00. The van der Waals surface area contributed by atoms with Crippen LogP contribution in [0.25, 0.3) is 0 Å². The Labute approximate surface area is 109 Å². The van der Waals surface area contributed by atoms with Crippen molar-refractivity contribution in [3.63, 3.8) is 0 Å². The van der Waals surface area contributed by atoms with E-state index in [9.17, 15) is 0 Å². The van der Waals surface area contributed by atoms with E-state index >= 15 is 0 Å². The van der Waals surface area contributed by atoms with Crippen LogP contribution in [0.4, 0.5) is 5.69 Å². The maximum atomic E-state index is 4.32. The smallest absolute Gasteiger partial charge is 0.147 e. The van der Waals surface area contributed by atoms with E-state index in [-0.39, 0.29) is 0 Å². The normalized spacial score (nSPS) is 10.5. The Balaban J connectivity index is 1.89. The lowest BCUT2D eigenvalue weighted by atomic mass is 10.3. The monoisotopic (exact) mass is 294 g/mol. The topological polar surface area (TPSA) is 42.7 Å². The van der Waals surface area contributed by atoms with Crippen molar-refractivity contribution in [3.05, 3.63) is 40.4 Å². The molecule has 1 heterocycles. The number of aromatic nitrogens is 3. The fourth-order valence-corrected chi connectivity index (χ4v) is 2.08. The second kappa shape index (κ2) is 5.31. The molecule has 5 heteroatoms. The molecular weight excluding hydrogens is 280 g/mol. The van der Waals surface area contributed by atoms with Crippen LogP contribution in [0.3, 0.4) is 0 Å². The quantitative estimate of drug-likeness (QED) is 0.943. The summed E-state index contributed by atoms with van der Waals surface area (Å²) in [5, 5.41) is 7.67. The number of rotatable bonds is 4. The molecular formula is C12H15BrN4. The first kappa shape index (κ1) is 12.1. The largest absolute Gasteiger partial charge is 0.383 e. The van der Waals surface area contributed by atoms with Gasteiger partial charge in [0.05, 0.1) is 6.54 Å². The fourth-order valence-electron chi connectivity index (χ4n) is 1.68. The molecule has 2 rings (SSSR count). The van der Waals surface area contributed by atoms with E-state index in [2.05, 4.69) is 37.4 Å². The van der Waals surface area contributed by atoms with E-state index in [0.717, 1.165) is 34.9 Å². The van der Waals surface area contributed by atoms with Gasteiger partial charge in [-0.15, -0.1) is 0 Å². The highest BCUT2D eigenvalue weighted by molar-refractivity contribution is 9.10. The lowest BCUT2D eigenvalue weighted by Gasteiger charge is -2.07. The van der Waals surface area contributed by atoms with E-state index in [0.29, 0.717) is 0 Å². The summed E-state index contributed by atoms with van der Waals surface area (Å²) in [6.45, 7) is 5.53. The van der Waals surface area contributed by atoms with Gasteiger partial charge in [0, 0.05) is 16.7 Å². The van der Waals surface area contributed by atoms with Gasteiger partial charge in [-0.2, -0.15) is 5.10 Å². The van der Waals surface area contributed by atoms with Crippen molar-refractivity contribution < 1.29 is 0 Å². The Morgan fingerprint density at radius 1 is 1.35 bits per heavy atom. The average molecular weight is 295 g/mol. The van der Waals surface area contributed by atoms with Crippen molar-refractivity contribution >= 4 is 21.6 Å². The standard InChI is InChI=1S/C12H15BrN4/c1-9-15-10(2)17(16-9)7-6-14-12-5-3-4-11(13)8-12/h3-5,8,14H,6-7H2,1-2H3. The van der Waals surface area contributed by atoms with Crippen molar-refractivity contribution in [3.8, 4) is 0 Å². The summed E-state index contributed by atoms with van der Waals surface area (Å²) >= 11 is 3.45. The van der Waals surface area contributed by atoms with Crippen LogP contribution in [0.1, 0.15) is 11.6 Å². The van der Waals surface area contributed by atoms with E-state index in [1.807, 2.05) is 36.7 Å². The summed E-state index contributed by atoms with van der Waals surface area (Å²) in [6, 6.07) is 8.12. The summed E-state index contributed by atoms with van der Waals surface area (Å²) in [5.74, 6) is 1.78. The lowest BCUT2D eigenvalue weighted by Crippen LogP contribution is -2.12. The van der Waals surface area contributed by atoms with Crippen LogP contribution in [-0.4, -0.2) is 21.3 Å². The fraction of sp³-hybridized carbons (Fsp3) is 0.333. The van der Waals surface area contributed by atoms with Gasteiger partial charge in [-0.25, -0.2) is 9.67 Å². The summed E-state index contributed by atoms with van der Waals surface area (Å²) in [5.41, 5.74) is 1.11. The molecule has 1 N–H and O–H groups in total. The zero-order chi connectivity index (χ0) is 12.3. The maximum absolute atomic E-state index is 4.32. The molecule has 0 aliphatic carbocycles. The minimum atomic E-state index is 0.819. The zero-order valence-corrected chi connectivity index (χ0v) is 11.5. The number of aryl methyl sites for hydroxylation is 2. The van der Waals surface area contributed by atoms with Gasteiger partial charge >= 0.3 is 0 Å². The van der Waals surface area contributed by atoms with Gasteiger partial charge in [0.25, 0.3) is 0 Å². The van der Waals surface area contributed by atoms with E-state index in [1.165, 1.54) is 0 Å². The van der Waals surface area contributed by atoms with Gasteiger partial charge in [0.2, 0.25) is 0 Å². The predicted molar refractivity (Wildman–Crippen MR) is 72.1 cm³/mol. The number of hydrogen-bond acceptors (Lipinski definition) is 3. The third-order valence-electron chi connectivity index (χ3n) is 2.44. The minimum absolute atomic E-state index is 0.819. The summed E-state index contributed by atoms with van der Waals surface area (Å²) in [6.07, 6.45) is 0. The molecule has 1 aromatic carbocycles. The molecule has 0 unspecified atom stereocenters. The van der Waals surface area contributed by atoms with Crippen LogP contribution in [-0.2, 0) is 6.54 Å². The SMILES string of the molecule is Cc1nc(C)n(CCNc2cccc(Br)c2)n1. The van der Waals surface area contributed by atoms with Crippen LogP contribution >= 0.6 is 15.9 Å². The van der Waals surface area contributed by atoms with Crippen molar-refractivity contribution in [2.24, 2.45) is 0 Å². The molecule has 1 aromatic heterocycles. The highest BCUT2D eigenvalue weighted by Crippen LogP contribution is 2.15. The first-order chi connectivity index (χ1) is 8.15. The highest BCUT2D eigenvalue weighted by Gasteiger charge is 2.01. The molecule has 0 spiro atoms. The Kier molecular flexibility index (Phi) is 3.78. The number of hydrogen-bond donors (Lipinski definition) is 1. The second-order valence-corrected chi connectivity index (χ2v) is 4.78. The second-order valence-electron chi connectivity index (χ2n) is 3.87. The van der Waals surface area contributed by atoms with Gasteiger partial charge in [-0.3, -0.25) is 0 Å². The van der Waals surface area contributed by atoms with Crippen LogP contribution in [0, 0.1) is 13.8 Å². The number of nitrogens with zero attached hydrogens (tertiary/aromatic N) is 3. The predicted octanol–water partition coefficient (Wildman–Crippen LogP) is 2.77. The zero-order valence-electron chi connectivity index (χ0n) is 9.94. The molecule has 0 fully saturated rings. The molecule has 0 aliphatic rings. The first-order valence-corrected chi connectivity index (χ1v) is 6.32. The first-order valence-electron chi connectivity index (χ1n) is 5.52. The van der Waals surface area contributed by atoms with Crippen LogP contribution in [0.2, 0.25) is 0 Å². The van der Waals surface area contributed by atoms with Gasteiger partial charge in [-0.05, 0) is 32.0 Å². The molecule has 90 valence electrons. The third kappa shape index (κ3) is 3.30. The van der Waals surface area contributed by atoms with E-state index in [4.69, 9.17) is 0 Å². The third-order valence-corrected chi connectivity index (χ3v) is 2.93. The minimum Gasteiger partial charge on any atom is -0.383 e. The molecule has 17 heavy (non-hydrogen) atoms. The highest BCUT2D eigenvalue weighted by atomic mass is 79.9. The van der Waals surface area contributed by atoms with Crippen molar-refractivity contribution in [1.82, 2.24) is 14.8 Å². The molecule has 0 amide bonds. The number of anilines is 1. The van der Waals surface area contributed by atoms with Crippen LogP contribution in [0.5, 0.6) is 0 Å². The summed E-state index contributed by atoms with van der Waals surface area (Å²) in [7, 11) is 0. The Hall–Kier alpha value is -1.36. The van der Waals surface area contributed by atoms with Crippen molar-refractivity contribution in [2.45, 2.75) is 20.4 Å². The van der Waals surface area contributed by atoms with Gasteiger partial charge in [0.1, 0.15) is 11.6 Å². The van der Waals surface area contributed by atoms with E-state index < -0.39 is 0 Å². The van der Waals surface area contributed by atoms with Crippen LogP contribution < -0.4 is 5.32 Å². The van der Waals surface area contributed by atoms with Crippen molar-refractivity contribution in [2.75, 3.05) is 11.9 Å². The van der Waals surface area contributed by atoms with Crippen LogP contribution in [0.15, 0.2) is 28.7 Å². The Morgan fingerprint density at radius 3 is 2.82 bits per heavy atom. The molecule has 0 bridgehead atoms. The molecule has 2 aromatic rings. The number of benzene rings is 1. The Bertz CT molecular complexity index is 507. The Morgan fingerprint density at radius 2 is 2.18 bits per heavy atom. The molecule has 4 nitrogen and oxygen atoms in total. The molecule has 0 saturated carbocycles. The van der Waals surface area contributed by atoms with Gasteiger partial charge in [-0.1, -0.05) is 22.0 Å². The van der Waals surface area contributed by atoms with Crippen molar-refractivity contribution in [1.29, 1.82) is 0 Å². The maximum Gasteiger partial charge on any atom is 0.147 e. The number of nitrogens with one attached hydrogen (secondary N) is 1. The summed E-state index contributed by atoms with van der Waals surface area (Å²) in [4.78, 5) is 4.27. The average Bonchev–Trinajstić information content (AvgIpc) is 2.58.